The number of nitrogens with one attached hydrogen (secondary N) is 1. The Hall–Kier alpha value is -2.94. The number of hydrogen-bond acceptors (Lipinski definition) is 6. The van der Waals surface area contributed by atoms with Crippen LogP contribution < -0.4 is 14.9 Å². The van der Waals surface area contributed by atoms with Crippen molar-refractivity contribution in [2.45, 2.75) is 13.8 Å². The van der Waals surface area contributed by atoms with Gasteiger partial charge >= 0.3 is 5.69 Å². The van der Waals surface area contributed by atoms with Crippen LogP contribution in [0.1, 0.15) is 18.1 Å². The van der Waals surface area contributed by atoms with Crippen LogP contribution in [-0.4, -0.2) is 30.3 Å². The molecule has 1 N–H and O–H groups in total. The van der Waals surface area contributed by atoms with Gasteiger partial charge in [-0.3, -0.25) is 14.9 Å². The minimum Gasteiger partial charge on any atom is -0.493 e. The van der Waals surface area contributed by atoms with Crippen molar-refractivity contribution >= 4 is 33.7 Å². The van der Waals surface area contributed by atoms with E-state index in [1.165, 1.54) is 18.3 Å². The molecule has 142 valence electrons. The van der Waals surface area contributed by atoms with Crippen molar-refractivity contribution in [3.63, 3.8) is 0 Å². The molecule has 0 saturated heterocycles. The highest BCUT2D eigenvalue weighted by Crippen LogP contribution is 2.27. The molecular weight excluding hydrogens is 418 g/mol. The third-order valence-electron chi connectivity index (χ3n) is 3.33. The van der Waals surface area contributed by atoms with E-state index >= 15 is 0 Å². The SMILES string of the molecule is CCOc1ccc(Br)cc1/C=N/NC(=O)COc1ccc(C)cc1[N+](=O)[O-]. The second-order valence-corrected chi connectivity index (χ2v) is 6.34. The molecule has 0 unspecified atom stereocenters. The first-order valence-electron chi connectivity index (χ1n) is 8.02. The molecule has 27 heavy (non-hydrogen) atoms. The van der Waals surface area contributed by atoms with Crippen molar-refractivity contribution in [2.75, 3.05) is 13.2 Å². The average molecular weight is 436 g/mol. The average Bonchev–Trinajstić information content (AvgIpc) is 2.62. The first-order valence-corrected chi connectivity index (χ1v) is 8.82. The van der Waals surface area contributed by atoms with Crippen LogP contribution in [0.4, 0.5) is 5.69 Å². The van der Waals surface area contributed by atoms with E-state index in [1.54, 1.807) is 25.1 Å². The first-order chi connectivity index (χ1) is 12.9. The predicted octanol–water partition coefficient (Wildman–Crippen LogP) is 3.59. The van der Waals surface area contributed by atoms with Gasteiger partial charge in [0.1, 0.15) is 5.75 Å². The second-order valence-electron chi connectivity index (χ2n) is 5.43. The van der Waals surface area contributed by atoms with Crippen LogP contribution in [-0.2, 0) is 4.79 Å². The van der Waals surface area contributed by atoms with Crippen molar-refractivity contribution in [1.29, 1.82) is 0 Å². The summed E-state index contributed by atoms with van der Waals surface area (Å²) >= 11 is 3.36. The monoisotopic (exact) mass is 435 g/mol. The number of nitro benzene ring substituents is 1. The molecule has 0 radical (unpaired) electrons. The fourth-order valence-corrected chi connectivity index (χ4v) is 2.53. The van der Waals surface area contributed by atoms with Crippen LogP contribution in [0.25, 0.3) is 0 Å². The zero-order valence-electron chi connectivity index (χ0n) is 14.8. The minimum absolute atomic E-state index is 0.0235. The largest absolute Gasteiger partial charge is 0.493 e. The summed E-state index contributed by atoms with van der Waals surface area (Å²) in [6.45, 7) is 3.69. The van der Waals surface area contributed by atoms with Crippen molar-refractivity contribution in [1.82, 2.24) is 5.43 Å². The first kappa shape index (κ1) is 20.4. The number of hydrogen-bond donors (Lipinski definition) is 1. The van der Waals surface area contributed by atoms with Gasteiger partial charge in [0.05, 0.1) is 17.7 Å². The molecule has 0 aliphatic heterocycles. The highest BCUT2D eigenvalue weighted by Gasteiger charge is 2.16. The lowest BCUT2D eigenvalue weighted by atomic mass is 10.2. The molecule has 0 aliphatic carbocycles. The lowest BCUT2D eigenvalue weighted by Crippen LogP contribution is -2.24. The molecule has 0 saturated carbocycles. The summed E-state index contributed by atoms with van der Waals surface area (Å²) in [5.74, 6) is 0.106. The summed E-state index contributed by atoms with van der Waals surface area (Å²) in [5.41, 5.74) is 3.53. The molecule has 0 aliphatic rings. The summed E-state index contributed by atoms with van der Waals surface area (Å²) in [6.07, 6.45) is 1.45. The smallest absolute Gasteiger partial charge is 0.311 e. The number of amides is 1. The molecule has 2 aromatic rings. The van der Waals surface area contributed by atoms with Gasteiger partial charge in [-0.2, -0.15) is 5.10 Å². The van der Waals surface area contributed by atoms with Crippen LogP contribution in [0, 0.1) is 17.0 Å². The molecule has 8 nitrogen and oxygen atoms in total. The van der Waals surface area contributed by atoms with E-state index < -0.39 is 17.4 Å². The van der Waals surface area contributed by atoms with Gasteiger partial charge in [-0.05, 0) is 43.7 Å². The number of carbonyl (C=O) groups excluding carboxylic acids is 1. The Morgan fingerprint density at radius 2 is 2.00 bits per heavy atom. The number of nitro groups is 1. The Bertz CT molecular complexity index is 870. The lowest BCUT2D eigenvalue weighted by molar-refractivity contribution is -0.385. The molecule has 0 aromatic heterocycles. The van der Waals surface area contributed by atoms with Crippen LogP contribution in [0.5, 0.6) is 11.5 Å². The van der Waals surface area contributed by atoms with Crippen molar-refractivity contribution < 1.29 is 19.2 Å². The number of rotatable bonds is 8. The maximum absolute atomic E-state index is 11.9. The summed E-state index contributed by atoms with van der Waals surface area (Å²) < 4.78 is 11.6. The minimum atomic E-state index is -0.555. The Kier molecular flexibility index (Phi) is 7.30. The van der Waals surface area contributed by atoms with Crippen LogP contribution in [0.15, 0.2) is 46.0 Å². The molecule has 2 rings (SSSR count). The number of hydrazone groups is 1. The lowest BCUT2D eigenvalue weighted by Gasteiger charge is -2.08. The molecular formula is C18H18BrN3O5. The quantitative estimate of drug-likeness (QED) is 0.387. The highest BCUT2D eigenvalue weighted by molar-refractivity contribution is 9.10. The maximum Gasteiger partial charge on any atom is 0.311 e. The van der Waals surface area contributed by atoms with Gasteiger partial charge in [0.15, 0.2) is 12.4 Å². The number of benzene rings is 2. The fraction of sp³-hybridized carbons (Fsp3) is 0.222. The van der Waals surface area contributed by atoms with E-state index in [1.807, 2.05) is 13.0 Å². The Labute approximate surface area is 164 Å². The Balaban J connectivity index is 1.97. The van der Waals surface area contributed by atoms with Crippen molar-refractivity contribution in [3.8, 4) is 11.5 Å². The molecule has 1 amide bonds. The van der Waals surface area contributed by atoms with Crippen molar-refractivity contribution in [3.05, 3.63) is 62.1 Å². The topological polar surface area (TPSA) is 103 Å². The van der Waals surface area contributed by atoms with Gasteiger partial charge in [-0.15, -0.1) is 0 Å². The number of carbonyl (C=O) groups is 1. The zero-order valence-corrected chi connectivity index (χ0v) is 16.4. The number of halogens is 1. The summed E-state index contributed by atoms with van der Waals surface area (Å²) in [6, 6.07) is 9.93. The highest BCUT2D eigenvalue weighted by atomic mass is 79.9. The van der Waals surface area contributed by atoms with Gasteiger partial charge in [-0.25, -0.2) is 5.43 Å². The normalized spacial score (nSPS) is 10.6. The Morgan fingerprint density at radius 1 is 1.26 bits per heavy atom. The van der Waals surface area contributed by atoms with Crippen molar-refractivity contribution in [2.24, 2.45) is 5.10 Å². The molecule has 2 aromatic carbocycles. The maximum atomic E-state index is 11.9. The van der Waals surface area contributed by atoms with E-state index in [-0.39, 0.29) is 11.4 Å². The van der Waals surface area contributed by atoms with Crippen LogP contribution in [0.3, 0.4) is 0 Å². The number of nitrogens with zero attached hydrogens (tertiary/aromatic N) is 2. The van der Waals surface area contributed by atoms with Crippen LogP contribution in [0.2, 0.25) is 0 Å². The number of ether oxygens (including phenoxy) is 2. The molecule has 0 bridgehead atoms. The van der Waals surface area contributed by atoms with Gasteiger partial charge < -0.3 is 9.47 Å². The van der Waals surface area contributed by atoms with Crippen LogP contribution >= 0.6 is 15.9 Å². The number of aryl methyl sites for hydroxylation is 1. The summed E-state index contributed by atoms with van der Waals surface area (Å²) in [5, 5.41) is 14.9. The van der Waals surface area contributed by atoms with Gasteiger partial charge in [-0.1, -0.05) is 22.0 Å². The summed E-state index contributed by atoms with van der Waals surface area (Å²) in [4.78, 5) is 22.4. The van der Waals surface area contributed by atoms with E-state index in [0.717, 1.165) is 10.0 Å². The third-order valence-corrected chi connectivity index (χ3v) is 3.83. The van der Waals surface area contributed by atoms with Gasteiger partial charge in [0.2, 0.25) is 0 Å². The van der Waals surface area contributed by atoms with E-state index in [9.17, 15) is 14.9 Å². The molecule has 0 heterocycles. The molecule has 0 atom stereocenters. The fourth-order valence-electron chi connectivity index (χ4n) is 2.15. The molecule has 9 heteroatoms. The molecule has 0 spiro atoms. The summed E-state index contributed by atoms with van der Waals surface area (Å²) in [7, 11) is 0. The second kappa shape index (κ2) is 9.67. The Morgan fingerprint density at radius 3 is 2.70 bits per heavy atom. The van der Waals surface area contributed by atoms with Gasteiger partial charge in [0.25, 0.3) is 5.91 Å². The standard InChI is InChI=1S/C18H18BrN3O5/c1-3-26-16-7-5-14(19)9-13(16)10-20-21-18(23)11-27-17-6-4-12(2)8-15(17)22(24)25/h4-10H,3,11H2,1-2H3,(H,21,23)/b20-10+. The zero-order chi connectivity index (χ0) is 19.8. The van der Waals surface area contributed by atoms with E-state index in [0.29, 0.717) is 17.9 Å². The molecule has 0 fully saturated rings. The van der Waals surface area contributed by atoms with Gasteiger partial charge in [0, 0.05) is 16.1 Å². The van der Waals surface area contributed by atoms with E-state index in [2.05, 4.69) is 26.5 Å². The third kappa shape index (κ3) is 6.07. The van der Waals surface area contributed by atoms with E-state index in [4.69, 9.17) is 9.47 Å². The predicted molar refractivity (Wildman–Crippen MR) is 104 cm³/mol.